The van der Waals surface area contributed by atoms with Crippen molar-refractivity contribution in [2.45, 2.75) is 52.4 Å². The number of nitrogens with zero attached hydrogens (tertiary/aromatic N) is 1. The lowest BCUT2D eigenvalue weighted by Crippen LogP contribution is -2.48. The number of morpholine rings is 1. The van der Waals surface area contributed by atoms with Crippen molar-refractivity contribution < 1.29 is 13.9 Å². The molecule has 0 saturated carbocycles. The minimum Gasteiger partial charge on any atom is -0.488 e. The Labute approximate surface area is 147 Å². The largest absolute Gasteiger partial charge is 0.488 e. The van der Waals surface area contributed by atoms with Gasteiger partial charge in [-0.1, -0.05) is 0 Å². The number of rotatable bonds is 2. The van der Waals surface area contributed by atoms with Crippen molar-refractivity contribution in [3.63, 3.8) is 0 Å². The highest BCUT2D eigenvalue weighted by Crippen LogP contribution is 2.38. The maximum absolute atomic E-state index is 11.7. The maximum atomic E-state index is 11.7. The van der Waals surface area contributed by atoms with Crippen molar-refractivity contribution in [3.8, 4) is 5.75 Å². The van der Waals surface area contributed by atoms with E-state index >= 15 is 0 Å². The minimum atomic E-state index is -0.307. The molecule has 4 rings (SSSR count). The lowest BCUT2D eigenvalue weighted by molar-refractivity contribution is -0.0739. The molecule has 1 aromatic carbocycles. The Bertz CT molecular complexity index is 862. The zero-order valence-electron chi connectivity index (χ0n) is 15.3. The summed E-state index contributed by atoms with van der Waals surface area (Å²) < 4.78 is 17.5. The highest BCUT2D eigenvalue weighted by Gasteiger charge is 2.31. The molecule has 5 heteroatoms. The first-order chi connectivity index (χ1) is 11.9. The molecular weight excluding hydrogens is 318 g/mol. The fourth-order valence-corrected chi connectivity index (χ4v) is 4.25. The third kappa shape index (κ3) is 3.07. The molecule has 0 radical (unpaired) electrons. The summed E-state index contributed by atoms with van der Waals surface area (Å²) in [6.45, 7) is 10.9. The molecule has 1 saturated heterocycles. The fraction of sp³-hybridized carbons (Fsp3) is 0.550. The van der Waals surface area contributed by atoms with Gasteiger partial charge in [-0.25, -0.2) is 4.79 Å². The molecule has 2 aliphatic heterocycles. The first-order valence-corrected chi connectivity index (χ1v) is 9.02. The highest BCUT2D eigenvalue weighted by atomic mass is 16.5. The Kier molecular flexibility index (Phi) is 4.08. The Balaban J connectivity index is 1.60. The van der Waals surface area contributed by atoms with Crippen LogP contribution in [0.2, 0.25) is 0 Å². The van der Waals surface area contributed by atoms with Crippen LogP contribution in [0.1, 0.15) is 30.5 Å². The van der Waals surface area contributed by atoms with Crippen LogP contribution in [0.4, 0.5) is 0 Å². The molecule has 2 aromatic rings. The van der Waals surface area contributed by atoms with E-state index in [0.717, 1.165) is 48.3 Å². The van der Waals surface area contributed by atoms with Gasteiger partial charge >= 0.3 is 5.63 Å². The summed E-state index contributed by atoms with van der Waals surface area (Å²) in [5, 5.41) is 1.01. The van der Waals surface area contributed by atoms with Gasteiger partial charge in [0.15, 0.2) is 0 Å². The second-order valence-electron chi connectivity index (χ2n) is 7.53. The third-order valence-corrected chi connectivity index (χ3v) is 5.19. The summed E-state index contributed by atoms with van der Waals surface area (Å²) in [7, 11) is 0. The number of hydrogen-bond donors (Lipinski definition) is 0. The lowest BCUT2D eigenvalue weighted by atomic mass is 10.0. The van der Waals surface area contributed by atoms with Crippen LogP contribution in [0, 0.1) is 13.8 Å². The van der Waals surface area contributed by atoms with E-state index < -0.39 is 0 Å². The minimum absolute atomic E-state index is 0.134. The Morgan fingerprint density at radius 2 is 1.88 bits per heavy atom. The maximum Gasteiger partial charge on any atom is 0.336 e. The summed E-state index contributed by atoms with van der Waals surface area (Å²) in [5.41, 5.74) is 3.44. The molecule has 1 aromatic heterocycles. The zero-order chi connectivity index (χ0) is 17.7. The van der Waals surface area contributed by atoms with Crippen molar-refractivity contribution in [1.82, 2.24) is 4.90 Å². The van der Waals surface area contributed by atoms with Crippen LogP contribution in [-0.4, -0.2) is 42.8 Å². The topological polar surface area (TPSA) is 51.9 Å². The van der Waals surface area contributed by atoms with Crippen LogP contribution in [0.3, 0.4) is 0 Å². The van der Waals surface area contributed by atoms with Gasteiger partial charge in [-0.05, 0) is 44.9 Å². The van der Waals surface area contributed by atoms with Crippen molar-refractivity contribution in [3.05, 3.63) is 39.2 Å². The SMILES string of the molecule is Cc1cc(=O)oc2c(C)c3c(cc12)CC(CN1CC(C)OC(C)C1)O3. The Hall–Kier alpha value is -1.85. The average Bonchev–Trinajstić information content (AvgIpc) is 2.90. The molecule has 2 aliphatic rings. The summed E-state index contributed by atoms with van der Waals surface area (Å²) in [5.74, 6) is 0.889. The quantitative estimate of drug-likeness (QED) is 0.785. The molecule has 5 nitrogen and oxygen atoms in total. The first-order valence-electron chi connectivity index (χ1n) is 9.02. The monoisotopic (exact) mass is 343 g/mol. The van der Waals surface area contributed by atoms with E-state index in [0.29, 0.717) is 5.58 Å². The van der Waals surface area contributed by atoms with Crippen LogP contribution in [0.5, 0.6) is 5.75 Å². The summed E-state index contributed by atoms with van der Waals surface area (Å²) in [6, 6.07) is 3.68. The summed E-state index contributed by atoms with van der Waals surface area (Å²) in [4.78, 5) is 14.1. The molecule has 0 aliphatic carbocycles. The van der Waals surface area contributed by atoms with Gasteiger partial charge in [-0.3, -0.25) is 4.90 Å². The van der Waals surface area contributed by atoms with E-state index in [-0.39, 0.29) is 23.9 Å². The van der Waals surface area contributed by atoms with Crippen molar-refractivity contribution in [2.24, 2.45) is 0 Å². The van der Waals surface area contributed by atoms with E-state index in [1.54, 1.807) is 6.07 Å². The van der Waals surface area contributed by atoms with E-state index in [9.17, 15) is 4.79 Å². The molecule has 0 amide bonds. The molecule has 1 fully saturated rings. The molecule has 25 heavy (non-hydrogen) atoms. The highest BCUT2D eigenvalue weighted by molar-refractivity contribution is 5.86. The third-order valence-electron chi connectivity index (χ3n) is 5.19. The average molecular weight is 343 g/mol. The second kappa shape index (κ2) is 6.15. The van der Waals surface area contributed by atoms with E-state index in [1.807, 2.05) is 13.8 Å². The van der Waals surface area contributed by atoms with Gasteiger partial charge in [0.2, 0.25) is 0 Å². The lowest BCUT2D eigenvalue weighted by Gasteiger charge is -2.36. The van der Waals surface area contributed by atoms with Gasteiger partial charge in [0.25, 0.3) is 0 Å². The van der Waals surface area contributed by atoms with Crippen LogP contribution in [0.25, 0.3) is 11.0 Å². The van der Waals surface area contributed by atoms with Crippen LogP contribution in [-0.2, 0) is 11.2 Å². The number of fused-ring (bicyclic) bond motifs is 2. The molecule has 3 unspecified atom stereocenters. The van der Waals surface area contributed by atoms with Crippen molar-refractivity contribution in [2.75, 3.05) is 19.6 Å². The first kappa shape index (κ1) is 16.6. The second-order valence-corrected chi connectivity index (χ2v) is 7.53. The van der Waals surface area contributed by atoms with E-state index in [1.165, 1.54) is 5.56 Å². The summed E-state index contributed by atoms with van der Waals surface area (Å²) >= 11 is 0. The van der Waals surface area contributed by atoms with Crippen LogP contribution >= 0.6 is 0 Å². The van der Waals surface area contributed by atoms with Crippen molar-refractivity contribution in [1.29, 1.82) is 0 Å². The van der Waals surface area contributed by atoms with E-state index in [4.69, 9.17) is 13.9 Å². The molecular formula is C20H25NO4. The molecule has 0 bridgehead atoms. The van der Waals surface area contributed by atoms with E-state index in [2.05, 4.69) is 24.8 Å². The Morgan fingerprint density at radius 1 is 1.16 bits per heavy atom. The van der Waals surface area contributed by atoms with Gasteiger partial charge < -0.3 is 13.9 Å². The molecule has 3 atom stereocenters. The van der Waals surface area contributed by atoms with Gasteiger partial charge in [0.05, 0.1) is 12.2 Å². The summed E-state index contributed by atoms with van der Waals surface area (Å²) in [6.07, 6.45) is 1.54. The molecule has 0 N–H and O–H groups in total. The number of ether oxygens (including phenoxy) is 2. The number of hydrogen-bond acceptors (Lipinski definition) is 5. The zero-order valence-corrected chi connectivity index (χ0v) is 15.3. The Morgan fingerprint density at radius 3 is 2.60 bits per heavy atom. The number of aryl methyl sites for hydroxylation is 2. The van der Waals surface area contributed by atoms with Crippen molar-refractivity contribution >= 4 is 11.0 Å². The standard InChI is InChI=1S/C20H25NO4/c1-11-5-18(22)25-20-14(4)19-15(7-17(11)20)6-16(24-19)10-21-8-12(2)23-13(3)9-21/h5,7,12-13,16H,6,8-10H2,1-4H3. The fourth-order valence-electron chi connectivity index (χ4n) is 4.25. The number of benzene rings is 1. The molecule has 134 valence electrons. The van der Waals surface area contributed by atoms with Crippen LogP contribution < -0.4 is 10.4 Å². The van der Waals surface area contributed by atoms with Gasteiger partial charge in [0.1, 0.15) is 17.4 Å². The molecule has 0 spiro atoms. The smallest absolute Gasteiger partial charge is 0.336 e. The molecule has 3 heterocycles. The van der Waals surface area contributed by atoms with Gasteiger partial charge in [-0.15, -0.1) is 0 Å². The predicted octanol–water partition coefficient (Wildman–Crippen LogP) is 2.82. The normalized spacial score (nSPS) is 26.6. The van der Waals surface area contributed by atoms with Crippen LogP contribution in [0.15, 0.2) is 21.3 Å². The van der Waals surface area contributed by atoms with Gasteiger partial charge in [-0.2, -0.15) is 0 Å². The predicted molar refractivity (Wildman–Crippen MR) is 96.5 cm³/mol. The van der Waals surface area contributed by atoms with Gasteiger partial charge in [0, 0.05) is 43.1 Å².